The molecule has 0 N–H and O–H groups in total. The normalized spacial score (nSPS) is 13.6. The number of carbonyl (C=O) groups is 2. The predicted octanol–water partition coefficient (Wildman–Crippen LogP) is 2.58. The lowest BCUT2D eigenvalue weighted by atomic mass is 10.1. The van der Waals surface area contributed by atoms with E-state index in [1.165, 1.54) is 23.4 Å². The second kappa shape index (κ2) is 5.36. The van der Waals surface area contributed by atoms with Crippen molar-refractivity contribution in [1.29, 1.82) is 0 Å². The molecule has 0 fully saturated rings. The maximum absolute atomic E-state index is 13.5. The van der Waals surface area contributed by atoms with Crippen molar-refractivity contribution >= 4 is 11.7 Å². The number of fused-ring (bicyclic) bond motifs is 3. The average Bonchev–Trinajstić information content (AvgIpc) is 2.86. The lowest BCUT2D eigenvalue weighted by molar-refractivity contribution is 0.0785. The van der Waals surface area contributed by atoms with Gasteiger partial charge in [0.15, 0.2) is 5.78 Å². The fourth-order valence-electron chi connectivity index (χ4n) is 2.70. The van der Waals surface area contributed by atoms with Crippen LogP contribution < -0.4 is 0 Å². The maximum Gasteiger partial charge on any atom is 0.256 e. The zero-order valence-electron chi connectivity index (χ0n) is 12.5. The van der Waals surface area contributed by atoms with Crippen LogP contribution in [0.25, 0.3) is 5.69 Å². The van der Waals surface area contributed by atoms with E-state index in [1.807, 2.05) is 6.92 Å². The van der Waals surface area contributed by atoms with E-state index in [0.717, 1.165) is 6.42 Å². The molecule has 114 valence electrons. The molecule has 0 saturated heterocycles. The molecule has 22 heavy (non-hydrogen) atoms. The number of Topliss-reactive ketones (excluding diaryl/α,β-unsaturated/α-hetero) is 1. The highest BCUT2D eigenvalue weighted by Crippen LogP contribution is 2.26. The van der Waals surface area contributed by atoms with Crippen molar-refractivity contribution in [3.63, 3.8) is 0 Å². The van der Waals surface area contributed by atoms with Gasteiger partial charge in [-0.05, 0) is 24.6 Å². The number of benzene rings is 1. The molecule has 5 nitrogen and oxygen atoms in total. The Morgan fingerprint density at radius 3 is 2.91 bits per heavy atom. The molecule has 0 spiro atoms. The van der Waals surface area contributed by atoms with Gasteiger partial charge >= 0.3 is 0 Å². The number of rotatable bonds is 3. The Bertz CT molecular complexity index is 767. The molecular weight excluding hydrogens is 285 g/mol. The summed E-state index contributed by atoms with van der Waals surface area (Å²) in [6.07, 6.45) is 2.68. The molecule has 2 aromatic rings. The van der Waals surface area contributed by atoms with Crippen molar-refractivity contribution < 1.29 is 14.0 Å². The molecular formula is C16H16FN3O2. The molecule has 0 aliphatic carbocycles. The number of imidazole rings is 1. The monoisotopic (exact) mass is 301 g/mol. The molecule has 0 bridgehead atoms. The van der Waals surface area contributed by atoms with E-state index in [0.29, 0.717) is 23.5 Å². The standard InChI is InChI=1S/C16H16FN3O2/c1-3-4-14(21)15-13-8-19(2)16(22)11-7-10(17)5-6-12(11)20(13)9-18-15/h5-7,9H,3-4,8H2,1-2H3. The third-order valence-corrected chi connectivity index (χ3v) is 3.79. The van der Waals surface area contributed by atoms with Crippen LogP contribution in [0, 0.1) is 5.82 Å². The third-order valence-electron chi connectivity index (χ3n) is 3.79. The summed E-state index contributed by atoms with van der Waals surface area (Å²) >= 11 is 0. The molecule has 1 aliphatic heterocycles. The summed E-state index contributed by atoms with van der Waals surface area (Å²) in [6, 6.07) is 4.06. The molecule has 3 rings (SSSR count). The fraction of sp³-hybridized carbons (Fsp3) is 0.312. The van der Waals surface area contributed by atoms with E-state index in [2.05, 4.69) is 4.98 Å². The van der Waals surface area contributed by atoms with Crippen LogP contribution in [0.2, 0.25) is 0 Å². The SMILES string of the molecule is CCCC(=O)c1ncn2c1CN(C)C(=O)c1cc(F)ccc1-2. The Morgan fingerprint density at radius 2 is 2.18 bits per heavy atom. The predicted molar refractivity (Wildman–Crippen MR) is 78.6 cm³/mol. The summed E-state index contributed by atoms with van der Waals surface area (Å²) in [6.45, 7) is 2.19. The van der Waals surface area contributed by atoms with Gasteiger partial charge in [-0.2, -0.15) is 0 Å². The first-order valence-corrected chi connectivity index (χ1v) is 7.17. The van der Waals surface area contributed by atoms with Crippen molar-refractivity contribution in [3.8, 4) is 5.69 Å². The quantitative estimate of drug-likeness (QED) is 0.819. The molecule has 0 unspecified atom stereocenters. The number of halogens is 1. The Morgan fingerprint density at radius 1 is 1.41 bits per heavy atom. The largest absolute Gasteiger partial charge is 0.336 e. The lowest BCUT2D eigenvalue weighted by Gasteiger charge is -2.14. The van der Waals surface area contributed by atoms with E-state index in [-0.39, 0.29) is 23.8 Å². The molecule has 1 amide bonds. The van der Waals surface area contributed by atoms with Gasteiger partial charge in [0.25, 0.3) is 5.91 Å². The summed E-state index contributed by atoms with van der Waals surface area (Å²) in [7, 11) is 1.63. The third kappa shape index (κ3) is 2.20. The van der Waals surface area contributed by atoms with E-state index in [4.69, 9.17) is 0 Å². The highest BCUT2D eigenvalue weighted by atomic mass is 19.1. The van der Waals surface area contributed by atoms with Crippen LogP contribution in [0.1, 0.15) is 46.3 Å². The van der Waals surface area contributed by atoms with Crippen LogP contribution >= 0.6 is 0 Å². The highest BCUT2D eigenvalue weighted by molar-refractivity contribution is 6.00. The Hall–Kier alpha value is -2.50. The van der Waals surface area contributed by atoms with Gasteiger partial charge in [-0.25, -0.2) is 9.37 Å². The van der Waals surface area contributed by atoms with Crippen LogP contribution in [-0.2, 0) is 6.54 Å². The molecule has 6 heteroatoms. The van der Waals surface area contributed by atoms with Crippen molar-refractivity contribution in [2.75, 3.05) is 7.05 Å². The minimum atomic E-state index is -0.466. The molecule has 0 radical (unpaired) electrons. The van der Waals surface area contributed by atoms with Gasteiger partial charge in [0.2, 0.25) is 0 Å². The minimum absolute atomic E-state index is 0.0392. The summed E-state index contributed by atoms with van der Waals surface area (Å²) in [5.74, 6) is -0.777. The number of aromatic nitrogens is 2. The number of hydrogen-bond donors (Lipinski definition) is 0. The number of amides is 1. The number of hydrogen-bond acceptors (Lipinski definition) is 3. The second-order valence-corrected chi connectivity index (χ2v) is 5.41. The van der Waals surface area contributed by atoms with Crippen LogP contribution in [0.4, 0.5) is 4.39 Å². The summed E-state index contributed by atoms with van der Waals surface area (Å²) < 4.78 is 15.2. The van der Waals surface area contributed by atoms with E-state index in [1.54, 1.807) is 17.7 Å². The first-order chi connectivity index (χ1) is 10.5. The van der Waals surface area contributed by atoms with Crippen molar-refractivity contribution in [2.24, 2.45) is 0 Å². The van der Waals surface area contributed by atoms with Gasteiger partial charge in [0.05, 0.1) is 23.5 Å². The smallest absolute Gasteiger partial charge is 0.256 e. The second-order valence-electron chi connectivity index (χ2n) is 5.41. The van der Waals surface area contributed by atoms with Gasteiger partial charge in [0, 0.05) is 13.5 Å². The number of ketones is 1. The summed E-state index contributed by atoms with van der Waals surface area (Å²) in [4.78, 5) is 30.3. The van der Waals surface area contributed by atoms with Gasteiger partial charge in [-0.3, -0.25) is 14.2 Å². The van der Waals surface area contributed by atoms with Gasteiger partial charge in [0.1, 0.15) is 17.8 Å². The topological polar surface area (TPSA) is 55.2 Å². The van der Waals surface area contributed by atoms with Crippen molar-refractivity contribution in [2.45, 2.75) is 26.3 Å². The van der Waals surface area contributed by atoms with E-state index >= 15 is 0 Å². The van der Waals surface area contributed by atoms with E-state index < -0.39 is 5.82 Å². The Labute approximate surface area is 127 Å². The number of nitrogens with zero attached hydrogens (tertiary/aromatic N) is 3. The molecule has 2 heterocycles. The van der Waals surface area contributed by atoms with Crippen LogP contribution in [-0.4, -0.2) is 33.2 Å². The molecule has 1 aromatic heterocycles. The van der Waals surface area contributed by atoms with Gasteiger partial charge in [-0.1, -0.05) is 6.92 Å². The molecule has 0 atom stereocenters. The fourth-order valence-corrected chi connectivity index (χ4v) is 2.70. The Kier molecular flexibility index (Phi) is 3.52. The average molecular weight is 301 g/mol. The minimum Gasteiger partial charge on any atom is -0.336 e. The maximum atomic E-state index is 13.5. The zero-order chi connectivity index (χ0) is 15.9. The van der Waals surface area contributed by atoms with Gasteiger partial charge < -0.3 is 4.90 Å². The van der Waals surface area contributed by atoms with Crippen LogP contribution in [0.15, 0.2) is 24.5 Å². The van der Waals surface area contributed by atoms with Gasteiger partial charge in [-0.15, -0.1) is 0 Å². The Balaban J connectivity index is 2.20. The van der Waals surface area contributed by atoms with Crippen LogP contribution in [0.5, 0.6) is 0 Å². The van der Waals surface area contributed by atoms with Crippen LogP contribution in [0.3, 0.4) is 0 Å². The lowest BCUT2D eigenvalue weighted by Crippen LogP contribution is -2.25. The van der Waals surface area contributed by atoms with Crippen molar-refractivity contribution in [1.82, 2.24) is 14.5 Å². The molecule has 1 aromatic carbocycles. The summed E-state index contributed by atoms with van der Waals surface area (Å²) in [5.41, 5.74) is 1.88. The molecule has 1 aliphatic rings. The van der Waals surface area contributed by atoms with Crippen molar-refractivity contribution in [3.05, 3.63) is 47.3 Å². The first-order valence-electron chi connectivity index (χ1n) is 7.17. The zero-order valence-corrected chi connectivity index (χ0v) is 12.5. The highest BCUT2D eigenvalue weighted by Gasteiger charge is 2.28. The summed E-state index contributed by atoms with van der Waals surface area (Å²) in [5, 5.41) is 0. The first kappa shape index (κ1) is 14.4. The van der Waals surface area contributed by atoms with E-state index in [9.17, 15) is 14.0 Å². The molecule has 0 saturated carbocycles. The number of carbonyl (C=O) groups excluding carboxylic acids is 2.